The molecule has 0 aromatic carbocycles. The van der Waals surface area contributed by atoms with Crippen molar-refractivity contribution in [1.29, 1.82) is 0 Å². The highest BCUT2D eigenvalue weighted by Crippen LogP contribution is 2.12. The van der Waals surface area contributed by atoms with Gasteiger partial charge in [0.15, 0.2) is 6.10 Å². The topological polar surface area (TPSA) is 78.9 Å². The van der Waals surface area contributed by atoms with E-state index in [1.54, 1.807) is 0 Å². The van der Waals surface area contributed by atoms with Gasteiger partial charge in [-0.25, -0.2) is 0 Å². The van der Waals surface area contributed by atoms with Crippen molar-refractivity contribution in [2.45, 2.75) is 219 Å². The molecule has 63 heavy (non-hydrogen) atoms. The molecule has 0 aromatic rings. The molecule has 0 aromatic heterocycles. The predicted octanol–water partition coefficient (Wildman–Crippen LogP) is 16.8. The summed E-state index contributed by atoms with van der Waals surface area (Å²) in [5.41, 5.74) is 0. The van der Waals surface area contributed by atoms with Crippen LogP contribution >= 0.6 is 0 Å². The molecule has 0 rings (SSSR count). The van der Waals surface area contributed by atoms with Crippen LogP contribution in [-0.2, 0) is 28.6 Å². The smallest absolute Gasteiger partial charge is 0.306 e. The van der Waals surface area contributed by atoms with E-state index in [0.29, 0.717) is 19.3 Å². The molecular formula is C57H92O6. The standard InChI is InChI=1S/C57H92O6/c1-4-7-10-13-16-19-22-25-28-31-34-37-40-43-46-49-55(58)61-52-54(63-57(60)51-48-45-42-39-36-33-30-27-24-21-18-15-12-9-6-3)53-62-56(59)50-47-44-41-38-35-32-29-26-23-20-17-14-11-8-5-2/h7-8,10-11,16-21,25-30,36,39,54H,4-6,9,12-15,22-24,31-35,37-38,40-53H2,1-3H3/b10-7-,11-8-,19-16-,20-17-,21-18-,28-25-,29-26-,30-27-,39-36-. The fourth-order valence-corrected chi connectivity index (χ4v) is 6.48. The largest absolute Gasteiger partial charge is 0.462 e. The highest BCUT2D eigenvalue weighted by Gasteiger charge is 2.19. The first-order chi connectivity index (χ1) is 31.0. The molecule has 0 N–H and O–H groups in total. The van der Waals surface area contributed by atoms with Gasteiger partial charge >= 0.3 is 17.9 Å². The minimum absolute atomic E-state index is 0.110. The zero-order valence-corrected chi connectivity index (χ0v) is 40.5. The van der Waals surface area contributed by atoms with Crippen molar-refractivity contribution in [3.63, 3.8) is 0 Å². The summed E-state index contributed by atoms with van der Waals surface area (Å²) in [6.45, 7) is 6.31. The molecule has 0 spiro atoms. The maximum atomic E-state index is 12.8. The summed E-state index contributed by atoms with van der Waals surface area (Å²) in [4.78, 5) is 38.0. The van der Waals surface area contributed by atoms with Crippen molar-refractivity contribution in [2.75, 3.05) is 13.2 Å². The van der Waals surface area contributed by atoms with Gasteiger partial charge in [-0.2, -0.15) is 0 Å². The highest BCUT2D eigenvalue weighted by atomic mass is 16.6. The fourth-order valence-electron chi connectivity index (χ4n) is 6.48. The van der Waals surface area contributed by atoms with E-state index < -0.39 is 6.10 Å². The van der Waals surface area contributed by atoms with E-state index in [0.717, 1.165) is 141 Å². The van der Waals surface area contributed by atoms with E-state index >= 15 is 0 Å². The third-order valence-corrected chi connectivity index (χ3v) is 10.2. The Labute approximate surface area is 387 Å². The first-order valence-corrected chi connectivity index (χ1v) is 25.4. The van der Waals surface area contributed by atoms with Crippen molar-refractivity contribution in [2.24, 2.45) is 0 Å². The molecule has 0 fully saturated rings. The molecule has 0 aliphatic rings. The van der Waals surface area contributed by atoms with Crippen LogP contribution in [0.25, 0.3) is 0 Å². The van der Waals surface area contributed by atoms with E-state index in [1.807, 2.05) is 0 Å². The summed E-state index contributed by atoms with van der Waals surface area (Å²) in [6, 6.07) is 0. The second-order valence-corrected chi connectivity index (χ2v) is 16.3. The maximum absolute atomic E-state index is 12.8. The van der Waals surface area contributed by atoms with Crippen LogP contribution in [0.2, 0.25) is 0 Å². The first kappa shape index (κ1) is 59.1. The second-order valence-electron chi connectivity index (χ2n) is 16.3. The Hall–Kier alpha value is -3.93. The van der Waals surface area contributed by atoms with Gasteiger partial charge in [-0.15, -0.1) is 0 Å². The molecule has 0 aliphatic carbocycles. The van der Waals surface area contributed by atoms with Gasteiger partial charge in [-0.05, 0) is 122 Å². The Morgan fingerprint density at radius 2 is 0.619 bits per heavy atom. The first-order valence-electron chi connectivity index (χ1n) is 25.4. The average Bonchev–Trinajstić information content (AvgIpc) is 3.28. The zero-order valence-electron chi connectivity index (χ0n) is 40.5. The molecule has 6 nitrogen and oxygen atoms in total. The lowest BCUT2D eigenvalue weighted by Gasteiger charge is -2.18. The van der Waals surface area contributed by atoms with Gasteiger partial charge in [-0.3, -0.25) is 14.4 Å². The lowest BCUT2D eigenvalue weighted by Crippen LogP contribution is -2.30. The number of esters is 3. The molecule has 0 amide bonds. The minimum atomic E-state index is -0.814. The molecule has 6 heteroatoms. The van der Waals surface area contributed by atoms with Gasteiger partial charge in [0.25, 0.3) is 0 Å². The summed E-state index contributed by atoms with van der Waals surface area (Å²) in [7, 11) is 0. The van der Waals surface area contributed by atoms with Gasteiger partial charge in [-0.1, -0.05) is 182 Å². The van der Waals surface area contributed by atoms with Crippen molar-refractivity contribution in [3.05, 3.63) is 109 Å². The van der Waals surface area contributed by atoms with Crippen LogP contribution in [0.4, 0.5) is 0 Å². The van der Waals surface area contributed by atoms with Crippen molar-refractivity contribution < 1.29 is 28.6 Å². The van der Waals surface area contributed by atoms with Crippen LogP contribution in [0.1, 0.15) is 213 Å². The molecule has 0 heterocycles. The molecule has 0 saturated heterocycles. The Balaban J connectivity index is 4.53. The van der Waals surface area contributed by atoms with E-state index in [1.165, 1.54) is 25.7 Å². The summed E-state index contributed by atoms with van der Waals surface area (Å²) < 4.78 is 16.7. The van der Waals surface area contributed by atoms with Crippen LogP contribution in [0, 0.1) is 0 Å². The monoisotopic (exact) mass is 873 g/mol. The zero-order chi connectivity index (χ0) is 45.8. The van der Waals surface area contributed by atoms with Crippen molar-refractivity contribution >= 4 is 17.9 Å². The van der Waals surface area contributed by atoms with E-state index in [-0.39, 0.29) is 37.5 Å². The normalized spacial score (nSPS) is 12.6. The van der Waals surface area contributed by atoms with Gasteiger partial charge in [0.1, 0.15) is 13.2 Å². The third kappa shape index (κ3) is 49.0. The van der Waals surface area contributed by atoms with Crippen LogP contribution in [-0.4, -0.2) is 37.2 Å². The van der Waals surface area contributed by atoms with Crippen LogP contribution in [0.15, 0.2) is 109 Å². The summed E-state index contributed by atoms with van der Waals surface area (Å²) in [5.74, 6) is -0.988. The molecule has 356 valence electrons. The van der Waals surface area contributed by atoms with E-state index in [9.17, 15) is 14.4 Å². The number of ether oxygens (including phenoxy) is 3. The second kappa shape index (κ2) is 50.7. The third-order valence-electron chi connectivity index (χ3n) is 10.2. The van der Waals surface area contributed by atoms with Crippen molar-refractivity contribution in [3.8, 4) is 0 Å². The average molecular weight is 873 g/mol. The van der Waals surface area contributed by atoms with Gasteiger partial charge < -0.3 is 14.2 Å². The van der Waals surface area contributed by atoms with E-state index in [2.05, 4.69) is 130 Å². The lowest BCUT2D eigenvalue weighted by molar-refractivity contribution is -0.167. The van der Waals surface area contributed by atoms with Crippen molar-refractivity contribution in [1.82, 2.24) is 0 Å². The number of hydrogen-bond acceptors (Lipinski definition) is 6. The number of hydrogen-bond donors (Lipinski definition) is 0. The molecule has 0 atom stereocenters. The number of allylic oxidation sites excluding steroid dienone is 18. The fraction of sp³-hybridized carbons (Fsp3) is 0.632. The van der Waals surface area contributed by atoms with E-state index in [4.69, 9.17) is 14.2 Å². The quantitative estimate of drug-likeness (QED) is 0.0263. The summed E-state index contributed by atoms with van der Waals surface area (Å²) >= 11 is 0. The Morgan fingerprint density at radius 3 is 1.00 bits per heavy atom. The molecule has 0 radical (unpaired) electrons. The van der Waals surface area contributed by atoms with Crippen LogP contribution < -0.4 is 0 Å². The molecule has 0 saturated carbocycles. The molecule has 0 aliphatic heterocycles. The number of rotatable bonds is 44. The molecular weight excluding hydrogens is 781 g/mol. The van der Waals surface area contributed by atoms with Crippen LogP contribution in [0.3, 0.4) is 0 Å². The van der Waals surface area contributed by atoms with Gasteiger partial charge in [0, 0.05) is 19.3 Å². The lowest BCUT2D eigenvalue weighted by atomic mass is 10.1. The minimum Gasteiger partial charge on any atom is -0.462 e. The number of carbonyl (C=O) groups is 3. The number of carbonyl (C=O) groups excluding carboxylic acids is 3. The van der Waals surface area contributed by atoms with Gasteiger partial charge in [0.2, 0.25) is 0 Å². The van der Waals surface area contributed by atoms with Crippen LogP contribution in [0.5, 0.6) is 0 Å². The summed E-state index contributed by atoms with van der Waals surface area (Å²) in [6.07, 6.45) is 67.8. The summed E-state index contributed by atoms with van der Waals surface area (Å²) in [5, 5.41) is 0. The Morgan fingerprint density at radius 1 is 0.333 bits per heavy atom. The van der Waals surface area contributed by atoms with Gasteiger partial charge in [0.05, 0.1) is 0 Å². The molecule has 0 bridgehead atoms. The highest BCUT2D eigenvalue weighted by molar-refractivity contribution is 5.71. The predicted molar refractivity (Wildman–Crippen MR) is 270 cm³/mol. The Bertz CT molecular complexity index is 1260. The Kier molecular flexibility index (Phi) is 47.5. The maximum Gasteiger partial charge on any atom is 0.306 e. The SMILES string of the molecule is CC/C=C\C/C=C\C/C=C\CCCCCCCC(=O)OCC(COC(=O)CCCCCCC/C=C\C/C=C\C/C=C\CC)OC(=O)CCCC/C=C\C/C=C\C/C=C\CCCCC. The molecule has 0 unspecified atom stereocenters. The number of unbranched alkanes of at least 4 members (excludes halogenated alkanes) is 15.